The van der Waals surface area contributed by atoms with Crippen LogP contribution in [0.25, 0.3) is 0 Å². The van der Waals surface area contributed by atoms with Gasteiger partial charge in [-0.15, -0.1) is 0 Å². The molecular formula is C22H28N4O4S. The van der Waals surface area contributed by atoms with Gasteiger partial charge in [-0.05, 0) is 43.0 Å². The van der Waals surface area contributed by atoms with E-state index in [1.807, 2.05) is 31.2 Å². The van der Waals surface area contributed by atoms with Crippen LogP contribution in [0.15, 0.2) is 53.7 Å². The number of para-hydroxylation sites is 1. The van der Waals surface area contributed by atoms with Crippen molar-refractivity contribution in [3.05, 3.63) is 54.4 Å². The van der Waals surface area contributed by atoms with E-state index in [9.17, 15) is 18.0 Å². The summed E-state index contributed by atoms with van der Waals surface area (Å²) < 4.78 is 26.8. The van der Waals surface area contributed by atoms with Gasteiger partial charge in [-0.2, -0.15) is 4.31 Å². The van der Waals surface area contributed by atoms with Crippen molar-refractivity contribution in [2.24, 2.45) is 5.92 Å². The highest BCUT2D eigenvalue weighted by Gasteiger charge is 2.33. The fourth-order valence-corrected chi connectivity index (χ4v) is 5.17. The Hall–Kier alpha value is -2.78. The van der Waals surface area contributed by atoms with Crippen molar-refractivity contribution in [1.82, 2.24) is 14.2 Å². The number of carbonyl (C=O) groups excluding carboxylic acids is 2. The number of benzene rings is 1. The van der Waals surface area contributed by atoms with Crippen molar-refractivity contribution in [3.63, 3.8) is 0 Å². The van der Waals surface area contributed by atoms with Gasteiger partial charge in [0.2, 0.25) is 21.8 Å². The lowest BCUT2D eigenvalue weighted by Crippen LogP contribution is -2.45. The number of rotatable bonds is 7. The first kappa shape index (κ1) is 22.9. The van der Waals surface area contributed by atoms with Gasteiger partial charge in [0.05, 0.1) is 6.54 Å². The SMILES string of the molecule is CCc1ccccc1NC(=O)CN(C)C(=O)C1CCN(S(=O)(=O)c2cccnc2)CC1. The van der Waals surface area contributed by atoms with E-state index in [4.69, 9.17) is 0 Å². The minimum atomic E-state index is -3.61. The summed E-state index contributed by atoms with van der Waals surface area (Å²) in [6.07, 6.45) is 4.49. The van der Waals surface area contributed by atoms with Gasteiger partial charge in [0, 0.05) is 44.1 Å². The molecule has 1 fully saturated rings. The molecular weight excluding hydrogens is 416 g/mol. The molecule has 166 valence electrons. The number of anilines is 1. The summed E-state index contributed by atoms with van der Waals surface area (Å²) in [5.74, 6) is -0.702. The lowest BCUT2D eigenvalue weighted by atomic mass is 9.96. The lowest BCUT2D eigenvalue weighted by molar-refractivity contribution is -0.138. The largest absolute Gasteiger partial charge is 0.336 e. The molecule has 1 aliphatic rings. The third kappa shape index (κ3) is 5.48. The van der Waals surface area contributed by atoms with E-state index >= 15 is 0 Å². The van der Waals surface area contributed by atoms with Gasteiger partial charge in [0.15, 0.2) is 0 Å². The van der Waals surface area contributed by atoms with Crippen molar-refractivity contribution in [1.29, 1.82) is 0 Å². The fourth-order valence-electron chi connectivity index (χ4n) is 3.74. The molecule has 9 heteroatoms. The van der Waals surface area contributed by atoms with Crippen LogP contribution in [0.1, 0.15) is 25.3 Å². The number of piperidine rings is 1. The molecule has 0 atom stereocenters. The van der Waals surface area contributed by atoms with Crippen LogP contribution in [-0.2, 0) is 26.0 Å². The molecule has 0 unspecified atom stereocenters. The van der Waals surface area contributed by atoms with Gasteiger partial charge in [-0.1, -0.05) is 25.1 Å². The first-order valence-corrected chi connectivity index (χ1v) is 11.8. The van der Waals surface area contributed by atoms with E-state index in [2.05, 4.69) is 10.3 Å². The van der Waals surface area contributed by atoms with Gasteiger partial charge in [-0.25, -0.2) is 8.42 Å². The zero-order valence-corrected chi connectivity index (χ0v) is 18.6. The standard InChI is InChI=1S/C22H28N4O4S/c1-3-17-7-4-5-9-20(17)24-21(27)16-25(2)22(28)18-10-13-26(14-11-18)31(29,30)19-8-6-12-23-15-19/h4-9,12,15,18H,3,10-11,13-14,16H2,1-2H3,(H,24,27). The van der Waals surface area contributed by atoms with E-state index in [0.29, 0.717) is 12.8 Å². The molecule has 3 rings (SSSR count). The van der Waals surface area contributed by atoms with Crippen molar-refractivity contribution < 1.29 is 18.0 Å². The molecule has 2 amide bonds. The number of amides is 2. The van der Waals surface area contributed by atoms with Crippen LogP contribution >= 0.6 is 0 Å². The molecule has 1 aromatic heterocycles. The molecule has 8 nitrogen and oxygen atoms in total. The van der Waals surface area contributed by atoms with E-state index in [1.165, 1.54) is 27.7 Å². The van der Waals surface area contributed by atoms with Gasteiger partial charge in [0.25, 0.3) is 0 Å². The van der Waals surface area contributed by atoms with Crippen LogP contribution in [0.2, 0.25) is 0 Å². The number of hydrogen-bond acceptors (Lipinski definition) is 5. The highest BCUT2D eigenvalue weighted by molar-refractivity contribution is 7.89. The topological polar surface area (TPSA) is 99.7 Å². The number of nitrogens with one attached hydrogen (secondary N) is 1. The Kier molecular flexibility index (Phi) is 7.40. The zero-order valence-electron chi connectivity index (χ0n) is 17.8. The van der Waals surface area contributed by atoms with Crippen LogP contribution in [0, 0.1) is 5.92 Å². The maximum Gasteiger partial charge on any atom is 0.244 e. The smallest absolute Gasteiger partial charge is 0.244 e. The number of pyridine rings is 1. The predicted molar refractivity (Wildman–Crippen MR) is 118 cm³/mol. The lowest BCUT2D eigenvalue weighted by Gasteiger charge is -2.32. The number of aromatic nitrogens is 1. The van der Waals surface area contributed by atoms with Crippen LogP contribution in [0.4, 0.5) is 5.69 Å². The number of likely N-dealkylation sites (N-methyl/N-ethyl adjacent to an activating group) is 1. The monoisotopic (exact) mass is 444 g/mol. The van der Waals surface area contributed by atoms with Crippen molar-refractivity contribution in [2.75, 3.05) is 32.0 Å². The van der Waals surface area contributed by atoms with E-state index in [1.54, 1.807) is 13.1 Å². The second kappa shape index (κ2) is 10.0. The van der Waals surface area contributed by atoms with E-state index in [-0.39, 0.29) is 42.3 Å². The highest BCUT2D eigenvalue weighted by Crippen LogP contribution is 2.24. The van der Waals surface area contributed by atoms with Gasteiger partial charge in [-0.3, -0.25) is 14.6 Å². The number of hydrogen-bond donors (Lipinski definition) is 1. The average molecular weight is 445 g/mol. The summed E-state index contributed by atoms with van der Waals surface area (Å²) in [5.41, 5.74) is 1.79. The quantitative estimate of drug-likeness (QED) is 0.705. The van der Waals surface area contributed by atoms with Crippen molar-refractivity contribution in [3.8, 4) is 0 Å². The predicted octanol–water partition coefficient (Wildman–Crippen LogP) is 2.14. The Bertz CT molecular complexity index is 1020. The third-order valence-electron chi connectivity index (χ3n) is 5.50. The maximum absolute atomic E-state index is 12.8. The molecule has 1 N–H and O–H groups in total. The number of nitrogens with zero attached hydrogens (tertiary/aromatic N) is 3. The third-order valence-corrected chi connectivity index (χ3v) is 7.39. The number of aryl methyl sites for hydroxylation is 1. The maximum atomic E-state index is 12.8. The molecule has 0 saturated carbocycles. The Labute approximate surface area is 183 Å². The summed E-state index contributed by atoms with van der Waals surface area (Å²) in [7, 11) is -2.01. The summed E-state index contributed by atoms with van der Waals surface area (Å²) in [4.78, 5) is 30.7. The highest BCUT2D eigenvalue weighted by atomic mass is 32.2. The van der Waals surface area contributed by atoms with Crippen LogP contribution < -0.4 is 5.32 Å². The van der Waals surface area contributed by atoms with Crippen LogP contribution in [-0.4, -0.2) is 61.1 Å². The van der Waals surface area contributed by atoms with Crippen LogP contribution in [0.3, 0.4) is 0 Å². The molecule has 1 aromatic carbocycles. The van der Waals surface area contributed by atoms with Gasteiger partial charge < -0.3 is 10.2 Å². The molecule has 2 aromatic rings. The number of carbonyl (C=O) groups is 2. The average Bonchev–Trinajstić information content (AvgIpc) is 2.79. The molecule has 1 aliphatic heterocycles. The molecule has 0 spiro atoms. The summed E-state index contributed by atoms with van der Waals surface area (Å²) >= 11 is 0. The van der Waals surface area contributed by atoms with Gasteiger partial charge in [0.1, 0.15) is 4.90 Å². The second-order valence-corrected chi connectivity index (χ2v) is 9.56. The Morgan fingerprint density at radius 3 is 2.52 bits per heavy atom. The molecule has 0 radical (unpaired) electrons. The summed E-state index contributed by atoms with van der Waals surface area (Å²) in [5, 5.41) is 2.87. The van der Waals surface area contributed by atoms with Crippen molar-refractivity contribution >= 4 is 27.5 Å². The molecule has 31 heavy (non-hydrogen) atoms. The minimum Gasteiger partial charge on any atom is -0.336 e. The number of sulfonamides is 1. The second-order valence-electron chi connectivity index (χ2n) is 7.62. The minimum absolute atomic E-state index is 0.0505. The zero-order chi connectivity index (χ0) is 22.4. The normalized spacial score (nSPS) is 15.4. The summed E-state index contributed by atoms with van der Waals surface area (Å²) in [6, 6.07) is 10.7. The molecule has 0 bridgehead atoms. The Balaban J connectivity index is 1.53. The van der Waals surface area contributed by atoms with E-state index in [0.717, 1.165) is 17.7 Å². The van der Waals surface area contributed by atoms with Gasteiger partial charge >= 0.3 is 0 Å². The molecule has 2 heterocycles. The molecule has 1 saturated heterocycles. The Morgan fingerprint density at radius 1 is 1.16 bits per heavy atom. The van der Waals surface area contributed by atoms with Crippen molar-refractivity contribution in [2.45, 2.75) is 31.1 Å². The first-order chi connectivity index (χ1) is 14.8. The summed E-state index contributed by atoms with van der Waals surface area (Å²) in [6.45, 7) is 2.49. The Morgan fingerprint density at radius 2 is 1.87 bits per heavy atom. The first-order valence-electron chi connectivity index (χ1n) is 10.4. The van der Waals surface area contributed by atoms with E-state index < -0.39 is 10.0 Å². The van der Waals surface area contributed by atoms with Crippen LogP contribution in [0.5, 0.6) is 0 Å². The fraction of sp³-hybridized carbons (Fsp3) is 0.409. The molecule has 0 aliphatic carbocycles.